The smallest absolute Gasteiger partial charge is 0.243 e. The number of anilines is 1. The SMILES string of the molecule is CCN(C(C)CN(C)C)S(=O)(=O)c1ccc(NC)cc1. The van der Waals surface area contributed by atoms with Crippen LogP contribution in [0.2, 0.25) is 0 Å². The Morgan fingerprint density at radius 2 is 1.75 bits per heavy atom. The molecule has 1 unspecified atom stereocenters. The quantitative estimate of drug-likeness (QED) is 0.832. The Bertz CT molecular complexity index is 512. The van der Waals surface area contributed by atoms with E-state index in [-0.39, 0.29) is 6.04 Å². The molecule has 1 aromatic rings. The molecule has 0 spiro atoms. The molecule has 5 nitrogen and oxygen atoms in total. The van der Waals surface area contributed by atoms with E-state index in [1.807, 2.05) is 32.8 Å². The molecule has 0 saturated carbocycles. The number of rotatable bonds is 7. The topological polar surface area (TPSA) is 52.7 Å². The van der Waals surface area contributed by atoms with Crippen LogP contribution in [-0.2, 0) is 10.0 Å². The highest BCUT2D eigenvalue weighted by Gasteiger charge is 2.27. The molecular formula is C14H25N3O2S. The highest BCUT2D eigenvalue weighted by molar-refractivity contribution is 7.89. The lowest BCUT2D eigenvalue weighted by molar-refractivity contribution is 0.271. The van der Waals surface area contributed by atoms with Gasteiger partial charge in [0.05, 0.1) is 4.90 Å². The molecule has 0 fully saturated rings. The second-order valence-corrected chi connectivity index (χ2v) is 6.98. The summed E-state index contributed by atoms with van der Waals surface area (Å²) in [5, 5.41) is 2.98. The van der Waals surface area contributed by atoms with Crippen LogP contribution in [0.1, 0.15) is 13.8 Å². The van der Waals surface area contributed by atoms with Crippen LogP contribution in [0.5, 0.6) is 0 Å². The first-order valence-corrected chi connectivity index (χ1v) is 8.21. The molecule has 1 rings (SSSR count). The molecule has 0 heterocycles. The summed E-state index contributed by atoms with van der Waals surface area (Å²) in [5.74, 6) is 0. The van der Waals surface area contributed by atoms with Crippen molar-refractivity contribution < 1.29 is 8.42 Å². The molecule has 0 aliphatic carbocycles. The molecule has 20 heavy (non-hydrogen) atoms. The lowest BCUT2D eigenvalue weighted by atomic mass is 10.3. The number of hydrogen-bond acceptors (Lipinski definition) is 4. The molecule has 0 aliphatic rings. The standard InChI is InChI=1S/C14H25N3O2S/c1-6-17(12(2)11-16(4)5)20(18,19)14-9-7-13(15-3)8-10-14/h7-10,12,15H,6,11H2,1-5H3. The van der Waals surface area contributed by atoms with Crippen molar-refractivity contribution in [3.05, 3.63) is 24.3 Å². The van der Waals surface area contributed by atoms with Gasteiger partial charge in [-0.3, -0.25) is 0 Å². The minimum absolute atomic E-state index is 0.0658. The molecule has 0 bridgehead atoms. The average molecular weight is 299 g/mol. The van der Waals surface area contributed by atoms with E-state index in [0.29, 0.717) is 18.0 Å². The predicted molar refractivity (Wildman–Crippen MR) is 83.6 cm³/mol. The number of nitrogens with zero attached hydrogens (tertiary/aromatic N) is 2. The van der Waals surface area contributed by atoms with E-state index in [4.69, 9.17) is 0 Å². The fourth-order valence-corrected chi connectivity index (χ4v) is 3.90. The molecule has 0 amide bonds. The number of hydrogen-bond donors (Lipinski definition) is 1. The van der Waals surface area contributed by atoms with Crippen molar-refractivity contribution in [3.8, 4) is 0 Å². The highest BCUT2D eigenvalue weighted by atomic mass is 32.2. The zero-order valence-electron chi connectivity index (χ0n) is 12.9. The van der Waals surface area contributed by atoms with Gasteiger partial charge in [-0.15, -0.1) is 0 Å². The summed E-state index contributed by atoms with van der Waals surface area (Å²) in [6, 6.07) is 6.77. The minimum Gasteiger partial charge on any atom is -0.388 e. The van der Waals surface area contributed by atoms with Crippen molar-refractivity contribution in [1.82, 2.24) is 9.21 Å². The number of sulfonamides is 1. The number of benzene rings is 1. The first-order valence-electron chi connectivity index (χ1n) is 6.77. The molecule has 1 N–H and O–H groups in total. The summed E-state index contributed by atoms with van der Waals surface area (Å²) < 4.78 is 26.9. The Morgan fingerprint density at radius 1 is 1.20 bits per heavy atom. The first kappa shape index (κ1) is 16.9. The summed E-state index contributed by atoms with van der Waals surface area (Å²) >= 11 is 0. The van der Waals surface area contributed by atoms with Gasteiger partial charge in [-0.1, -0.05) is 6.92 Å². The Hall–Kier alpha value is -1.11. The van der Waals surface area contributed by atoms with Gasteiger partial charge in [0.2, 0.25) is 10.0 Å². The number of likely N-dealkylation sites (N-methyl/N-ethyl adjacent to an activating group) is 2. The van der Waals surface area contributed by atoms with Crippen LogP contribution in [0, 0.1) is 0 Å². The minimum atomic E-state index is -3.44. The zero-order chi connectivity index (χ0) is 15.3. The van der Waals surface area contributed by atoms with Crippen molar-refractivity contribution in [2.24, 2.45) is 0 Å². The van der Waals surface area contributed by atoms with Crippen molar-refractivity contribution in [2.45, 2.75) is 24.8 Å². The van der Waals surface area contributed by atoms with Gasteiger partial charge in [-0.05, 0) is 45.3 Å². The van der Waals surface area contributed by atoms with Gasteiger partial charge >= 0.3 is 0 Å². The Labute approximate surface area is 122 Å². The van der Waals surface area contributed by atoms with E-state index in [1.54, 1.807) is 35.6 Å². The highest BCUT2D eigenvalue weighted by Crippen LogP contribution is 2.20. The maximum absolute atomic E-state index is 12.7. The zero-order valence-corrected chi connectivity index (χ0v) is 13.7. The monoisotopic (exact) mass is 299 g/mol. The van der Waals surface area contributed by atoms with Gasteiger partial charge in [-0.2, -0.15) is 4.31 Å². The Balaban J connectivity index is 3.04. The fraction of sp³-hybridized carbons (Fsp3) is 0.571. The van der Waals surface area contributed by atoms with E-state index >= 15 is 0 Å². The van der Waals surface area contributed by atoms with Crippen LogP contribution < -0.4 is 5.32 Å². The van der Waals surface area contributed by atoms with Crippen molar-refractivity contribution >= 4 is 15.7 Å². The Morgan fingerprint density at radius 3 is 2.15 bits per heavy atom. The molecular weight excluding hydrogens is 274 g/mol. The van der Waals surface area contributed by atoms with Gasteiger partial charge in [0.1, 0.15) is 0 Å². The number of nitrogens with one attached hydrogen (secondary N) is 1. The van der Waals surface area contributed by atoms with Crippen LogP contribution in [0.4, 0.5) is 5.69 Å². The maximum Gasteiger partial charge on any atom is 0.243 e. The molecule has 114 valence electrons. The van der Waals surface area contributed by atoms with Gasteiger partial charge in [0.25, 0.3) is 0 Å². The first-order chi connectivity index (χ1) is 9.32. The van der Waals surface area contributed by atoms with Gasteiger partial charge in [0, 0.05) is 31.9 Å². The molecule has 1 aromatic carbocycles. The summed E-state index contributed by atoms with van der Waals surface area (Å²) in [6.07, 6.45) is 0. The molecule has 0 aromatic heterocycles. The van der Waals surface area contributed by atoms with Gasteiger partial charge in [-0.25, -0.2) is 8.42 Å². The van der Waals surface area contributed by atoms with Crippen LogP contribution in [0.25, 0.3) is 0 Å². The second kappa shape index (κ2) is 7.06. The molecule has 0 saturated heterocycles. The van der Waals surface area contributed by atoms with E-state index in [2.05, 4.69) is 5.32 Å². The lowest BCUT2D eigenvalue weighted by Crippen LogP contribution is -2.43. The van der Waals surface area contributed by atoms with Crippen molar-refractivity contribution in [1.29, 1.82) is 0 Å². The third-order valence-corrected chi connectivity index (χ3v) is 5.29. The fourth-order valence-electron chi connectivity index (χ4n) is 2.27. The van der Waals surface area contributed by atoms with Gasteiger partial charge < -0.3 is 10.2 Å². The largest absolute Gasteiger partial charge is 0.388 e. The predicted octanol–water partition coefficient (Wildman–Crippen LogP) is 1.69. The summed E-state index contributed by atoms with van der Waals surface area (Å²) in [4.78, 5) is 2.33. The third-order valence-electron chi connectivity index (χ3n) is 3.18. The van der Waals surface area contributed by atoms with Crippen LogP contribution in [0.3, 0.4) is 0 Å². The molecule has 0 aliphatic heterocycles. The van der Waals surface area contributed by atoms with Gasteiger partial charge in [0.15, 0.2) is 0 Å². The van der Waals surface area contributed by atoms with E-state index in [1.165, 1.54) is 0 Å². The van der Waals surface area contributed by atoms with Crippen molar-refractivity contribution in [2.75, 3.05) is 39.5 Å². The maximum atomic E-state index is 12.7. The lowest BCUT2D eigenvalue weighted by Gasteiger charge is -2.29. The summed E-state index contributed by atoms with van der Waals surface area (Å²) in [7, 11) is 2.25. The van der Waals surface area contributed by atoms with Crippen molar-refractivity contribution in [3.63, 3.8) is 0 Å². The van der Waals surface area contributed by atoms with E-state index < -0.39 is 10.0 Å². The molecule has 0 radical (unpaired) electrons. The molecule has 1 atom stereocenters. The normalized spacial score (nSPS) is 13.8. The third kappa shape index (κ3) is 3.94. The van der Waals surface area contributed by atoms with Crippen LogP contribution in [-0.4, -0.2) is 57.9 Å². The van der Waals surface area contributed by atoms with Crippen LogP contribution in [0.15, 0.2) is 29.2 Å². The average Bonchev–Trinajstić information content (AvgIpc) is 2.38. The Kier molecular flexibility index (Phi) is 5.98. The summed E-state index contributed by atoms with van der Waals surface area (Å²) in [6.45, 7) is 4.96. The van der Waals surface area contributed by atoms with E-state index in [9.17, 15) is 8.42 Å². The molecule has 6 heteroatoms. The summed E-state index contributed by atoms with van der Waals surface area (Å²) in [5.41, 5.74) is 0.897. The second-order valence-electron chi connectivity index (χ2n) is 5.09. The van der Waals surface area contributed by atoms with E-state index in [0.717, 1.165) is 5.69 Å². The van der Waals surface area contributed by atoms with Crippen LogP contribution >= 0.6 is 0 Å².